The molecule has 1 rings (SSSR count). The minimum Gasteiger partial charge on any atom is -0.478 e. The van der Waals surface area contributed by atoms with Gasteiger partial charge in [-0.1, -0.05) is 13.3 Å². The predicted molar refractivity (Wildman–Crippen MR) is 60.4 cm³/mol. The topological polar surface area (TPSA) is 71.4 Å². The first kappa shape index (κ1) is 13.9. The molecule has 0 fully saturated rings. The van der Waals surface area contributed by atoms with Gasteiger partial charge in [0.2, 0.25) is 0 Å². The van der Waals surface area contributed by atoms with E-state index in [0.29, 0.717) is 12.8 Å². The molecule has 0 radical (unpaired) electrons. The zero-order valence-electron chi connectivity index (χ0n) is 8.91. The second-order valence-corrected chi connectivity index (χ2v) is 5.97. The second kappa shape index (κ2) is 5.01. The van der Waals surface area contributed by atoms with Crippen LogP contribution in [-0.4, -0.2) is 19.5 Å². The Morgan fingerprint density at radius 2 is 2.06 bits per heavy atom. The number of hydrogen-bond donors (Lipinski definition) is 1. The van der Waals surface area contributed by atoms with Crippen LogP contribution in [0.1, 0.15) is 29.3 Å². The number of aromatic carboxylic acids is 1. The van der Waals surface area contributed by atoms with Gasteiger partial charge in [-0.15, -0.1) is 0 Å². The summed E-state index contributed by atoms with van der Waals surface area (Å²) in [5.41, 5.74) is -0.519. The summed E-state index contributed by atoms with van der Waals surface area (Å²) in [5, 5.41) is 8.70. The average Bonchev–Trinajstić information content (AvgIpc) is 2.15. The minimum absolute atomic E-state index is 0.185. The Morgan fingerprint density at radius 1 is 1.47 bits per heavy atom. The van der Waals surface area contributed by atoms with Crippen LogP contribution < -0.4 is 0 Å². The third-order valence-corrected chi connectivity index (χ3v) is 3.57. The molecule has 1 aromatic rings. The van der Waals surface area contributed by atoms with E-state index in [2.05, 4.69) is 0 Å². The van der Waals surface area contributed by atoms with E-state index in [1.165, 1.54) is 0 Å². The molecule has 17 heavy (non-hydrogen) atoms. The molecule has 0 saturated heterocycles. The maximum absolute atomic E-state index is 13.4. The molecule has 0 aliphatic carbocycles. The van der Waals surface area contributed by atoms with E-state index < -0.39 is 26.4 Å². The standard InChI is InChI=1S/C10H10ClFO4S/c1-2-3-6-4-8(12)7(10(13)14)5-9(6)17(11,15)16/h4-5H,2-3H2,1H3,(H,13,14). The fourth-order valence-electron chi connectivity index (χ4n) is 1.45. The summed E-state index contributed by atoms with van der Waals surface area (Å²) in [7, 11) is 1.10. The van der Waals surface area contributed by atoms with Gasteiger partial charge >= 0.3 is 5.97 Å². The van der Waals surface area contributed by atoms with Crippen molar-refractivity contribution in [3.63, 3.8) is 0 Å². The van der Waals surface area contributed by atoms with Crippen molar-refractivity contribution in [1.82, 2.24) is 0 Å². The quantitative estimate of drug-likeness (QED) is 0.860. The Balaban J connectivity index is 3.53. The lowest BCUT2D eigenvalue weighted by atomic mass is 10.1. The van der Waals surface area contributed by atoms with Gasteiger partial charge in [0, 0.05) is 10.7 Å². The molecule has 0 aliphatic rings. The first-order valence-electron chi connectivity index (χ1n) is 4.77. The Morgan fingerprint density at radius 3 is 2.47 bits per heavy atom. The monoisotopic (exact) mass is 280 g/mol. The lowest BCUT2D eigenvalue weighted by Gasteiger charge is -2.08. The van der Waals surface area contributed by atoms with Crippen molar-refractivity contribution in [2.45, 2.75) is 24.7 Å². The molecule has 94 valence electrons. The number of halogens is 2. The van der Waals surface area contributed by atoms with Crippen molar-refractivity contribution in [2.24, 2.45) is 0 Å². The molecule has 0 unspecified atom stereocenters. The van der Waals surface area contributed by atoms with Crippen LogP contribution in [0, 0.1) is 5.82 Å². The number of carboxylic acids is 1. The number of benzene rings is 1. The summed E-state index contributed by atoms with van der Waals surface area (Å²) in [6.45, 7) is 1.79. The van der Waals surface area contributed by atoms with E-state index in [0.717, 1.165) is 12.1 Å². The van der Waals surface area contributed by atoms with Crippen molar-refractivity contribution in [3.05, 3.63) is 29.1 Å². The van der Waals surface area contributed by atoms with Gasteiger partial charge in [-0.25, -0.2) is 17.6 Å². The van der Waals surface area contributed by atoms with Crippen LogP contribution in [0.5, 0.6) is 0 Å². The SMILES string of the molecule is CCCc1cc(F)c(C(=O)O)cc1S(=O)(=O)Cl. The Bertz CT molecular complexity index is 554. The van der Waals surface area contributed by atoms with Gasteiger partial charge in [0.05, 0.1) is 10.5 Å². The van der Waals surface area contributed by atoms with Gasteiger partial charge in [0.25, 0.3) is 9.05 Å². The van der Waals surface area contributed by atoms with Crippen LogP contribution >= 0.6 is 10.7 Å². The molecule has 0 aromatic heterocycles. The van der Waals surface area contributed by atoms with Crippen molar-refractivity contribution >= 4 is 25.7 Å². The molecule has 7 heteroatoms. The van der Waals surface area contributed by atoms with Crippen LogP contribution in [0.4, 0.5) is 4.39 Å². The van der Waals surface area contributed by atoms with Crippen LogP contribution in [0.2, 0.25) is 0 Å². The molecule has 0 heterocycles. The molecule has 0 aliphatic heterocycles. The highest BCUT2D eigenvalue weighted by Gasteiger charge is 2.21. The molecule has 1 aromatic carbocycles. The van der Waals surface area contributed by atoms with Crippen molar-refractivity contribution in [3.8, 4) is 0 Å². The van der Waals surface area contributed by atoms with Gasteiger partial charge in [-0.05, 0) is 24.1 Å². The van der Waals surface area contributed by atoms with Crippen LogP contribution in [0.25, 0.3) is 0 Å². The van der Waals surface area contributed by atoms with E-state index in [4.69, 9.17) is 15.8 Å². The summed E-state index contributed by atoms with van der Waals surface area (Å²) in [4.78, 5) is 10.3. The zero-order valence-corrected chi connectivity index (χ0v) is 10.5. The van der Waals surface area contributed by atoms with Gasteiger partial charge < -0.3 is 5.11 Å². The summed E-state index contributed by atoms with van der Waals surface area (Å²) in [5.74, 6) is -2.50. The van der Waals surface area contributed by atoms with Crippen LogP contribution in [-0.2, 0) is 15.5 Å². The lowest BCUT2D eigenvalue weighted by molar-refractivity contribution is 0.0691. The molecule has 0 amide bonds. The molecule has 0 bridgehead atoms. The summed E-state index contributed by atoms with van der Waals surface area (Å²) in [6.07, 6.45) is 0.892. The van der Waals surface area contributed by atoms with Gasteiger partial charge in [0.15, 0.2) is 0 Å². The summed E-state index contributed by atoms with van der Waals surface area (Å²) >= 11 is 0. The highest BCUT2D eigenvalue weighted by molar-refractivity contribution is 8.13. The maximum atomic E-state index is 13.4. The Labute approximate surface area is 102 Å². The van der Waals surface area contributed by atoms with E-state index in [-0.39, 0.29) is 10.5 Å². The fourth-order valence-corrected chi connectivity index (χ4v) is 2.61. The summed E-state index contributed by atoms with van der Waals surface area (Å²) in [6, 6.07) is 1.66. The van der Waals surface area contributed by atoms with E-state index >= 15 is 0 Å². The van der Waals surface area contributed by atoms with Crippen molar-refractivity contribution < 1.29 is 22.7 Å². The first-order chi connectivity index (χ1) is 7.77. The third-order valence-electron chi connectivity index (χ3n) is 2.16. The highest BCUT2D eigenvalue weighted by atomic mass is 35.7. The van der Waals surface area contributed by atoms with Crippen molar-refractivity contribution in [2.75, 3.05) is 0 Å². The fraction of sp³-hybridized carbons (Fsp3) is 0.300. The minimum atomic E-state index is -4.09. The number of carboxylic acid groups (broad SMARTS) is 1. The molecule has 0 saturated carbocycles. The molecule has 1 N–H and O–H groups in total. The molecular formula is C10H10ClFO4S. The normalized spacial score (nSPS) is 11.5. The molecule has 4 nitrogen and oxygen atoms in total. The number of hydrogen-bond acceptors (Lipinski definition) is 3. The molecular weight excluding hydrogens is 271 g/mol. The Kier molecular flexibility index (Phi) is 4.11. The van der Waals surface area contributed by atoms with E-state index in [1.54, 1.807) is 6.92 Å². The van der Waals surface area contributed by atoms with Gasteiger partial charge in [-0.3, -0.25) is 0 Å². The van der Waals surface area contributed by atoms with Crippen LogP contribution in [0.3, 0.4) is 0 Å². The third kappa shape index (κ3) is 3.17. The smallest absolute Gasteiger partial charge is 0.338 e. The molecule has 0 spiro atoms. The second-order valence-electron chi connectivity index (χ2n) is 3.43. The van der Waals surface area contributed by atoms with Crippen molar-refractivity contribution in [1.29, 1.82) is 0 Å². The predicted octanol–water partition coefficient (Wildman–Crippen LogP) is 2.40. The maximum Gasteiger partial charge on any atom is 0.338 e. The lowest BCUT2D eigenvalue weighted by Crippen LogP contribution is -2.06. The van der Waals surface area contributed by atoms with Crippen LogP contribution in [0.15, 0.2) is 17.0 Å². The summed E-state index contributed by atoms with van der Waals surface area (Å²) < 4.78 is 35.9. The number of carbonyl (C=O) groups is 1. The largest absolute Gasteiger partial charge is 0.478 e. The first-order valence-corrected chi connectivity index (χ1v) is 7.08. The number of rotatable bonds is 4. The number of aryl methyl sites for hydroxylation is 1. The molecule has 0 atom stereocenters. The van der Waals surface area contributed by atoms with E-state index in [9.17, 15) is 17.6 Å². The Hall–Kier alpha value is -1.14. The van der Waals surface area contributed by atoms with Gasteiger partial charge in [-0.2, -0.15) is 0 Å². The average molecular weight is 281 g/mol. The zero-order chi connectivity index (χ0) is 13.2. The van der Waals surface area contributed by atoms with Gasteiger partial charge in [0.1, 0.15) is 5.82 Å². The highest BCUT2D eigenvalue weighted by Crippen LogP contribution is 2.25. The van der Waals surface area contributed by atoms with E-state index in [1.807, 2.05) is 0 Å².